The molecule has 0 saturated carbocycles. The summed E-state index contributed by atoms with van der Waals surface area (Å²) in [5.41, 5.74) is 2.27. The normalized spacial score (nSPS) is 10.8. The van der Waals surface area contributed by atoms with Crippen LogP contribution in [-0.2, 0) is 4.84 Å². The van der Waals surface area contributed by atoms with Crippen molar-refractivity contribution in [2.45, 2.75) is 6.92 Å². The van der Waals surface area contributed by atoms with Gasteiger partial charge in [-0.2, -0.15) is 5.06 Å². The molecule has 6 heteroatoms. The fourth-order valence-electron chi connectivity index (χ4n) is 1.94. The number of pyridine rings is 1. The van der Waals surface area contributed by atoms with Gasteiger partial charge >= 0.3 is 0 Å². The van der Waals surface area contributed by atoms with Crippen LogP contribution in [0.3, 0.4) is 0 Å². The molecule has 0 N–H and O–H groups in total. The number of halogens is 1. The summed E-state index contributed by atoms with van der Waals surface area (Å²) >= 11 is 6.04. The summed E-state index contributed by atoms with van der Waals surface area (Å²) in [6.45, 7) is 2.39. The van der Waals surface area contributed by atoms with Gasteiger partial charge in [0.05, 0.1) is 24.0 Å². The lowest BCUT2D eigenvalue weighted by Gasteiger charge is -2.21. The number of aromatic nitrogens is 3. The molecular weight excluding hydrogens is 288 g/mol. The molecule has 0 unspecified atom stereocenters. The first-order chi connectivity index (χ1) is 10.3. The molecule has 0 atom stereocenters. The highest BCUT2D eigenvalue weighted by molar-refractivity contribution is 6.30. The van der Waals surface area contributed by atoms with E-state index < -0.39 is 0 Å². The Labute approximate surface area is 127 Å². The van der Waals surface area contributed by atoms with Gasteiger partial charge in [-0.1, -0.05) is 17.7 Å². The van der Waals surface area contributed by atoms with Gasteiger partial charge in [0.1, 0.15) is 5.52 Å². The van der Waals surface area contributed by atoms with Gasteiger partial charge in [-0.15, -0.1) is 0 Å². The summed E-state index contributed by atoms with van der Waals surface area (Å²) in [4.78, 5) is 18.7. The maximum absolute atomic E-state index is 6.04. The molecule has 0 bridgehead atoms. The van der Waals surface area contributed by atoms with Gasteiger partial charge < -0.3 is 0 Å². The fourth-order valence-corrected chi connectivity index (χ4v) is 2.12. The van der Waals surface area contributed by atoms with Crippen LogP contribution in [-0.4, -0.2) is 21.6 Å². The van der Waals surface area contributed by atoms with Gasteiger partial charge in [-0.25, -0.2) is 9.97 Å². The van der Waals surface area contributed by atoms with Crippen molar-refractivity contribution in [3.8, 4) is 0 Å². The highest BCUT2D eigenvalue weighted by atomic mass is 35.5. The highest BCUT2D eigenvalue weighted by Gasteiger charge is 2.14. The summed E-state index contributed by atoms with van der Waals surface area (Å²) < 4.78 is 0. The zero-order valence-corrected chi connectivity index (χ0v) is 12.2. The first-order valence-corrected chi connectivity index (χ1v) is 6.92. The lowest BCUT2D eigenvalue weighted by Crippen LogP contribution is -2.20. The smallest absolute Gasteiger partial charge is 0.255 e. The third kappa shape index (κ3) is 2.94. The van der Waals surface area contributed by atoms with Gasteiger partial charge in [0.25, 0.3) is 5.95 Å². The van der Waals surface area contributed by atoms with E-state index in [4.69, 9.17) is 16.4 Å². The second-order valence-electron chi connectivity index (χ2n) is 4.27. The molecule has 2 aromatic heterocycles. The molecule has 0 spiro atoms. The van der Waals surface area contributed by atoms with Crippen molar-refractivity contribution < 1.29 is 4.84 Å². The van der Waals surface area contributed by atoms with Gasteiger partial charge in [-0.3, -0.25) is 9.82 Å². The van der Waals surface area contributed by atoms with Gasteiger partial charge in [0, 0.05) is 11.2 Å². The fraction of sp³-hybridized carbons (Fsp3) is 0.133. The van der Waals surface area contributed by atoms with Crippen molar-refractivity contribution >= 4 is 34.3 Å². The number of benzene rings is 1. The lowest BCUT2D eigenvalue weighted by molar-refractivity contribution is 0.146. The largest absolute Gasteiger partial charge is 0.266 e. The third-order valence-electron chi connectivity index (χ3n) is 2.82. The summed E-state index contributed by atoms with van der Waals surface area (Å²) in [6.07, 6.45) is 3.39. The average molecular weight is 301 g/mol. The Bertz CT molecular complexity index is 765. The van der Waals surface area contributed by atoms with E-state index in [2.05, 4.69) is 15.0 Å². The molecule has 0 aliphatic carbocycles. The van der Waals surface area contributed by atoms with Crippen LogP contribution in [0.4, 0.5) is 11.6 Å². The minimum absolute atomic E-state index is 0.444. The summed E-state index contributed by atoms with van der Waals surface area (Å²) in [6, 6.07) is 11.1. The van der Waals surface area contributed by atoms with Gasteiger partial charge in [0.15, 0.2) is 0 Å². The molecule has 0 radical (unpaired) electrons. The van der Waals surface area contributed by atoms with Gasteiger partial charge in [-0.05, 0) is 37.3 Å². The van der Waals surface area contributed by atoms with E-state index in [1.54, 1.807) is 29.6 Å². The van der Waals surface area contributed by atoms with Gasteiger partial charge in [0.2, 0.25) is 0 Å². The SMILES string of the molecule is CCON(c1cccc(Cl)c1)c1ncc2ncccc2n1. The molecule has 0 aliphatic rings. The molecule has 2 heterocycles. The molecule has 1 aromatic carbocycles. The molecule has 106 valence electrons. The molecule has 0 amide bonds. The van der Waals surface area contributed by atoms with E-state index in [0.717, 1.165) is 16.7 Å². The Hall–Kier alpha value is -2.24. The number of nitrogens with zero attached hydrogens (tertiary/aromatic N) is 4. The number of hydrogen-bond acceptors (Lipinski definition) is 5. The predicted molar refractivity (Wildman–Crippen MR) is 82.6 cm³/mol. The maximum atomic E-state index is 6.04. The topological polar surface area (TPSA) is 51.1 Å². The Morgan fingerprint density at radius 3 is 2.86 bits per heavy atom. The maximum Gasteiger partial charge on any atom is 0.255 e. The van der Waals surface area contributed by atoms with Crippen LogP contribution in [0.5, 0.6) is 0 Å². The lowest BCUT2D eigenvalue weighted by atomic mass is 10.3. The van der Waals surface area contributed by atoms with E-state index >= 15 is 0 Å². The van der Waals surface area contributed by atoms with Crippen molar-refractivity contribution in [2.75, 3.05) is 11.7 Å². The van der Waals surface area contributed by atoms with E-state index in [1.165, 1.54) is 0 Å². The van der Waals surface area contributed by atoms with Crippen molar-refractivity contribution in [3.05, 3.63) is 53.8 Å². The summed E-state index contributed by atoms with van der Waals surface area (Å²) in [7, 11) is 0. The second kappa shape index (κ2) is 6.03. The molecule has 21 heavy (non-hydrogen) atoms. The van der Waals surface area contributed by atoms with Crippen molar-refractivity contribution in [1.82, 2.24) is 15.0 Å². The molecule has 5 nitrogen and oxygen atoms in total. The van der Waals surface area contributed by atoms with Crippen LogP contribution in [0.2, 0.25) is 5.02 Å². The Kier molecular flexibility index (Phi) is 3.94. The quantitative estimate of drug-likeness (QED) is 0.687. The first-order valence-electron chi connectivity index (χ1n) is 6.54. The van der Waals surface area contributed by atoms with Crippen LogP contribution >= 0.6 is 11.6 Å². The average Bonchev–Trinajstić information content (AvgIpc) is 2.52. The second-order valence-corrected chi connectivity index (χ2v) is 4.71. The summed E-state index contributed by atoms with van der Waals surface area (Å²) in [5.74, 6) is 0.444. The standard InChI is InChI=1S/C15H13ClN4O/c1-2-21-20(12-6-3-5-11(16)9-12)15-18-10-14-13(19-15)7-4-8-17-14/h3-10H,2H2,1H3. The number of hydrogen-bond donors (Lipinski definition) is 0. The molecular formula is C15H13ClN4O. The third-order valence-corrected chi connectivity index (χ3v) is 3.06. The van der Waals surface area contributed by atoms with E-state index in [9.17, 15) is 0 Å². The molecule has 0 aliphatic heterocycles. The number of fused-ring (bicyclic) bond motifs is 1. The van der Waals surface area contributed by atoms with Crippen LogP contribution in [0.15, 0.2) is 48.8 Å². The Morgan fingerprint density at radius 2 is 2.05 bits per heavy atom. The van der Waals surface area contributed by atoms with Crippen LogP contribution in [0.1, 0.15) is 6.92 Å². The van der Waals surface area contributed by atoms with Crippen molar-refractivity contribution in [1.29, 1.82) is 0 Å². The van der Waals surface area contributed by atoms with E-state index in [0.29, 0.717) is 17.6 Å². The summed E-state index contributed by atoms with van der Waals surface area (Å²) in [5, 5.41) is 2.19. The Morgan fingerprint density at radius 1 is 1.14 bits per heavy atom. The monoisotopic (exact) mass is 300 g/mol. The first kappa shape index (κ1) is 13.7. The minimum Gasteiger partial charge on any atom is -0.266 e. The number of anilines is 2. The van der Waals surface area contributed by atoms with Crippen LogP contribution < -0.4 is 5.06 Å². The van der Waals surface area contributed by atoms with Crippen molar-refractivity contribution in [2.24, 2.45) is 0 Å². The number of rotatable bonds is 4. The van der Waals surface area contributed by atoms with Crippen LogP contribution in [0.25, 0.3) is 11.0 Å². The molecule has 3 aromatic rings. The Balaban J connectivity index is 2.06. The predicted octanol–water partition coefficient (Wildman–Crippen LogP) is 3.77. The van der Waals surface area contributed by atoms with Crippen LogP contribution in [0, 0.1) is 0 Å². The zero-order valence-electron chi connectivity index (χ0n) is 11.4. The van der Waals surface area contributed by atoms with E-state index in [1.807, 2.05) is 31.2 Å². The zero-order chi connectivity index (χ0) is 14.7. The molecule has 0 saturated heterocycles. The van der Waals surface area contributed by atoms with Crippen molar-refractivity contribution in [3.63, 3.8) is 0 Å². The minimum atomic E-state index is 0.444. The molecule has 3 rings (SSSR count). The molecule has 0 fully saturated rings. The van der Waals surface area contributed by atoms with E-state index in [-0.39, 0.29) is 0 Å². The highest BCUT2D eigenvalue weighted by Crippen LogP contribution is 2.26.